The molecule has 0 aromatic carbocycles. The SMILES string of the molecule is O=C(Cn1cnc2sc3c(c2c1=O)CCCC3)NC12CC3CC(CC(C3)C1)C2. The van der Waals surface area contributed by atoms with Crippen LogP contribution in [-0.2, 0) is 24.2 Å². The molecule has 0 spiro atoms. The predicted octanol–water partition coefficient (Wildman–Crippen LogP) is 3.42. The number of thiophene rings is 1. The van der Waals surface area contributed by atoms with Crippen LogP contribution in [0, 0.1) is 17.8 Å². The van der Waals surface area contributed by atoms with Crippen LogP contribution in [0.3, 0.4) is 0 Å². The third kappa shape index (κ3) is 2.67. The van der Waals surface area contributed by atoms with Crippen molar-refractivity contribution in [3.8, 4) is 0 Å². The summed E-state index contributed by atoms with van der Waals surface area (Å²) in [4.78, 5) is 32.7. The van der Waals surface area contributed by atoms with Gasteiger partial charge in [-0.3, -0.25) is 14.2 Å². The van der Waals surface area contributed by atoms with Crippen LogP contribution in [0.2, 0.25) is 0 Å². The molecular weight excluding hydrogens is 370 g/mol. The molecule has 4 fully saturated rings. The Hall–Kier alpha value is -1.69. The Morgan fingerprint density at radius 3 is 2.54 bits per heavy atom. The number of amides is 1. The number of aryl methyl sites for hydroxylation is 2. The van der Waals surface area contributed by atoms with Gasteiger partial charge < -0.3 is 5.32 Å². The number of hydrogen-bond donors (Lipinski definition) is 1. The zero-order chi connectivity index (χ0) is 18.9. The van der Waals surface area contributed by atoms with Crippen molar-refractivity contribution in [1.29, 1.82) is 0 Å². The first-order valence-electron chi connectivity index (χ1n) is 10.9. The van der Waals surface area contributed by atoms with Crippen molar-refractivity contribution in [2.24, 2.45) is 17.8 Å². The van der Waals surface area contributed by atoms with E-state index in [4.69, 9.17) is 0 Å². The fourth-order valence-electron chi connectivity index (χ4n) is 7.05. The van der Waals surface area contributed by atoms with E-state index in [1.165, 1.54) is 40.7 Å². The molecule has 0 saturated heterocycles. The second kappa shape index (κ2) is 6.15. The topological polar surface area (TPSA) is 64.0 Å². The molecule has 5 aliphatic rings. The van der Waals surface area contributed by atoms with E-state index in [1.54, 1.807) is 17.7 Å². The minimum absolute atomic E-state index is 0.00544. The third-order valence-corrected chi connectivity index (χ3v) is 8.90. The molecule has 5 nitrogen and oxygen atoms in total. The monoisotopic (exact) mass is 397 g/mol. The van der Waals surface area contributed by atoms with E-state index in [0.29, 0.717) is 0 Å². The number of nitrogens with zero attached hydrogens (tertiary/aromatic N) is 2. The van der Waals surface area contributed by atoms with Gasteiger partial charge in [0.05, 0.1) is 11.7 Å². The molecule has 0 unspecified atom stereocenters. The highest BCUT2D eigenvalue weighted by Crippen LogP contribution is 2.55. The lowest BCUT2D eigenvalue weighted by molar-refractivity contribution is -0.127. The van der Waals surface area contributed by atoms with Crippen LogP contribution >= 0.6 is 11.3 Å². The Bertz CT molecular complexity index is 985. The minimum atomic E-state index is -0.0370. The minimum Gasteiger partial charge on any atom is -0.349 e. The van der Waals surface area contributed by atoms with Crippen molar-refractivity contribution >= 4 is 27.5 Å². The summed E-state index contributed by atoms with van der Waals surface area (Å²) in [6.07, 6.45) is 13.4. The molecular formula is C22H27N3O2S. The molecule has 7 rings (SSSR count). The number of hydrogen-bond acceptors (Lipinski definition) is 4. The molecule has 2 heterocycles. The van der Waals surface area contributed by atoms with E-state index < -0.39 is 0 Å². The first-order valence-corrected chi connectivity index (χ1v) is 11.7. The molecule has 0 aliphatic heterocycles. The number of fused-ring (bicyclic) bond motifs is 3. The van der Waals surface area contributed by atoms with Gasteiger partial charge in [0, 0.05) is 10.4 Å². The van der Waals surface area contributed by atoms with E-state index >= 15 is 0 Å². The summed E-state index contributed by atoms with van der Waals surface area (Å²) in [5.74, 6) is 2.37. The highest BCUT2D eigenvalue weighted by molar-refractivity contribution is 7.18. The highest BCUT2D eigenvalue weighted by Gasteiger charge is 2.51. The summed E-state index contributed by atoms with van der Waals surface area (Å²) < 4.78 is 1.53. The quantitative estimate of drug-likeness (QED) is 0.863. The molecule has 5 aliphatic carbocycles. The molecule has 6 heteroatoms. The van der Waals surface area contributed by atoms with Gasteiger partial charge in [0.1, 0.15) is 11.4 Å². The normalized spacial score (nSPS) is 33.2. The largest absolute Gasteiger partial charge is 0.349 e. The lowest BCUT2D eigenvalue weighted by atomic mass is 9.53. The van der Waals surface area contributed by atoms with E-state index in [-0.39, 0.29) is 23.6 Å². The molecule has 1 amide bonds. The van der Waals surface area contributed by atoms with E-state index in [2.05, 4.69) is 10.3 Å². The van der Waals surface area contributed by atoms with Crippen LogP contribution in [0.5, 0.6) is 0 Å². The summed E-state index contributed by atoms with van der Waals surface area (Å²) in [6.45, 7) is 0.0914. The number of carbonyl (C=O) groups is 1. The number of rotatable bonds is 3. The smallest absolute Gasteiger partial charge is 0.262 e. The van der Waals surface area contributed by atoms with E-state index in [0.717, 1.165) is 66.5 Å². The number of nitrogens with one attached hydrogen (secondary N) is 1. The molecule has 2 aromatic rings. The molecule has 4 saturated carbocycles. The van der Waals surface area contributed by atoms with Gasteiger partial charge in [-0.15, -0.1) is 11.3 Å². The third-order valence-electron chi connectivity index (χ3n) is 7.70. The summed E-state index contributed by atoms with van der Waals surface area (Å²) in [5, 5.41) is 4.15. The lowest BCUT2D eigenvalue weighted by Gasteiger charge is -2.56. The zero-order valence-electron chi connectivity index (χ0n) is 16.2. The van der Waals surface area contributed by atoms with Crippen molar-refractivity contribution in [1.82, 2.24) is 14.9 Å². The summed E-state index contributed by atoms with van der Waals surface area (Å²) in [6, 6.07) is 0. The standard InChI is InChI=1S/C22H27N3O2S/c26-18(24-22-8-13-5-14(9-22)7-15(6-13)10-22)11-25-12-23-20-19(21(25)27)16-3-1-2-4-17(16)28-20/h12-15H,1-11H2,(H,24,26). The average Bonchev–Trinajstić information content (AvgIpc) is 3.01. The van der Waals surface area contributed by atoms with Gasteiger partial charge in [-0.05, 0) is 87.5 Å². The van der Waals surface area contributed by atoms with Gasteiger partial charge in [0.2, 0.25) is 5.91 Å². The van der Waals surface area contributed by atoms with Gasteiger partial charge >= 0.3 is 0 Å². The molecule has 0 radical (unpaired) electrons. The van der Waals surface area contributed by atoms with Crippen molar-refractivity contribution in [3.63, 3.8) is 0 Å². The molecule has 28 heavy (non-hydrogen) atoms. The maximum absolute atomic E-state index is 13.1. The van der Waals surface area contributed by atoms with Crippen LogP contribution in [0.1, 0.15) is 61.8 Å². The van der Waals surface area contributed by atoms with Crippen LogP contribution in [0.4, 0.5) is 0 Å². The summed E-state index contributed by atoms with van der Waals surface area (Å²) >= 11 is 1.66. The fourth-order valence-corrected chi connectivity index (χ4v) is 8.27. The van der Waals surface area contributed by atoms with Crippen LogP contribution in [-0.4, -0.2) is 21.0 Å². The van der Waals surface area contributed by atoms with Crippen LogP contribution < -0.4 is 10.9 Å². The maximum atomic E-state index is 13.1. The first-order chi connectivity index (χ1) is 13.6. The predicted molar refractivity (Wildman–Crippen MR) is 110 cm³/mol. The summed E-state index contributed by atoms with van der Waals surface area (Å²) in [5.41, 5.74) is 1.15. The van der Waals surface area contributed by atoms with E-state index in [1.807, 2.05) is 0 Å². The Morgan fingerprint density at radius 1 is 1.14 bits per heavy atom. The van der Waals surface area contributed by atoms with Gasteiger partial charge in [-0.2, -0.15) is 0 Å². The molecule has 4 bridgehead atoms. The van der Waals surface area contributed by atoms with Crippen LogP contribution in [0.15, 0.2) is 11.1 Å². The fraction of sp³-hybridized carbons (Fsp3) is 0.682. The Kier molecular flexibility index (Phi) is 3.78. The summed E-state index contributed by atoms with van der Waals surface area (Å²) in [7, 11) is 0. The Labute approximate surface area is 168 Å². The van der Waals surface area contributed by atoms with Gasteiger partial charge in [0.15, 0.2) is 0 Å². The number of aromatic nitrogens is 2. The molecule has 1 N–H and O–H groups in total. The van der Waals surface area contributed by atoms with Crippen LogP contribution in [0.25, 0.3) is 10.2 Å². The van der Waals surface area contributed by atoms with Crippen molar-refractivity contribution < 1.29 is 4.79 Å². The van der Waals surface area contributed by atoms with E-state index in [9.17, 15) is 9.59 Å². The lowest BCUT2D eigenvalue weighted by Crippen LogP contribution is -2.60. The van der Waals surface area contributed by atoms with Crippen molar-refractivity contribution in [2.45, 2.75) is 76.3 Å². The van der Waals surface area contributed by atoms with Gasteiger partial charge in [-0.25, -0.2) is 4.98 Å². The Morgan fingerprint density at radius 2 is 1.82 bits per heavy atom. The second-order valence-electron chi connectivity index (χ2n) is 9.81. The molecule has 148 valence electrons. The van der Waals surface area contributed by atoms with Gasteiger partial charge in [-0.1, -0.05) is 0 Å². The average molecular weight is 398 g/mol. The second-order valence-corrected chi connectivity index (χ2v) is 10.9. The van der Waals surface area contributed by atoms with Crippen molar-refractivity contribution in [3.05, 3.63) is 27.1 Å². The number of carbonyl (C=O) groups excluding carboxylic acids is 1. The first kappa shape index (κ1) is 17.2. The van der Waals surface area contributed by atoms with Gasteiger partial charge in [0.25, 0.3) is 5.56 Å². The molecule has 0 atom stereocenters. The molecule has 2 aromatic heterocycles. The zero-order valence-corrected chi connectivity index (χ0v) is 17.0. The Balaban J connectivity index is 1.26. The highest BCUT2D eigenvalue weighted by atomic mass is 32.1. The maximum Gasteiger partial charge on any atom is 0.262 e. The van der Waals surface area contributed by atoms with Crippen molar-refractivity contribution in [2.75, 3.05) is 0 Å².